The number of nitrogens with two attached hydrogens (primary N) is 1. The van der Waals surface area contributed by atoms with Gasteiger partial charge in [0.05, 0.1) is 5.60 Å². The Labute approximate surface area is 115 Å². The van der Waals surface area contributed by atoms with Gasteiger partial charge in [0.2, 0.25) is 0 Å². The van der Waals surface area contributed by atoms with Crippen LogP contribution in [0.1, 0.15) is 25.8 Å². The second-order valence-electron chi connectivity index (χ2n) is 5.32. The van der Waals surface area contributed by atoms with E-state index < -0.39 is 0 Å². The minimum absolute atomic E-state index is 0.00620. The summed E-state index contributed by atoms with van der Waals surface area (Å²) in [6, 6.07) is 14.8. The van der Waals surface area contributed by atoms with Gasteiger partial charge in [0.25, 0.3) is 0 Å². The van der Waals surface area contributed by atoms with Crippen molar-refractivity contribution in [2.75, 3.05) is 7.11 Å². The van der Waals surface area contributed by atoms with Gasteiger partial charge in [-0.1, -0.05) is 49.4 Å². The standard InChI is InChI=1S/C17H23NO/c1-4-17(2,19-3)16(18)12-14-10-7-9-13-8-5-6-11-15(13)14/h5-11,16H,4,12,18H2,1-3H3. The van der Waals surface area contributed by atoms with Gasteiger partial charge in [0.15, 0.2) is 0 Å². The van der Waals surface area contributed by atoms with Crippen LogP contribution in [0.15, 0.2) is 42.5 Å². The van der Waals surface area contributed by atoms with Crippen LogP contribution < -0.4 is 5.73 Å². The van der Waals surface area contributed by atoms with Gasteiger partial charge in [0.1, 0.15) is 0 Å². The third-order valence-electron chi connectivity index (χ3n) is 4.27. The van der Waals surface area contributed by atoms with Crippen LogP contribution in [0, 0.1) is 0 Å². The van der Waals surface area contributed by atoms with Gasteiger partial charge in [-0.15, -0.1) is 0 Å². The fraction of sp³-hybridized carbons (Fsp3) is 0.412. The lowest BCUT2D eigenvalue weighted by Crippen LogP contribution is -2.48. The zero-order valence-corrected chi connectivity index (χ0v) is 12.0. The van der Waals surface area contributed by atoms with E-state index >= 15 is 0 Å². The molecule has 0 aliphatic rings. The molecule has 2 aromatic carbocycles. The van der Waals surface area contributed by atoms with Gasteiger partial charge in [-0.3, -0.25) is 0 Å². The molecule has 0 spiro atoms. The molecule has 0 saturated carbocycles. The highest BCUT2D eigenvalue weighted by molar-refractivity contribution is 5.85. The first-order chi connectivity index (χ1) is 9.10. The average molecular weight is 257 g/mol. The lowest BCUT2D eigenvalue weighted by molar-refractivity contribution is -0.0183. The quantitative estimate of drug-likeness (QED) is 0.889. The maximum Gasteiger partial charge on any atom is 0.0801 e. The molecule has 0 aliphatic carbocycles. The zero-order valence-electron chi connectivity index (χ0n) is 12.0. The molecular formula is C17H23NO. The number of ether oxygens (including phenoxy) is 1. The molecule has 0 bridgehead atoms. The predicted molar refractivity (Wildman–Crippen MR) is 81.3 cm³/mol. The van der Waals surface area contributed by atoms with Crippen LogP contribution in [0.5, 0.6) is 0 Å². The van der Waals surface area contributed by atoms with E-state index in [9.17, 15) is 0 Å². The number of methoxy groups -OCH3 is 1. The molecule has 102 valence electrons. The Hall–Kier alpha value is -1.38. The minimum Gasteiger partial charge on any atom is -0.377 e. The Kier molecular flexibility index (Phi) is 4.23. The summed E-state index contributed by atoms with van der Waals surface area (Å²) in [6.07, 6.45) is 1.75. The summed E-state index contributed by atoms with van der Waals surface area (Å²) in [6.45, 7) is 4.20. The summed E-state index contributed by atoms with van der Waals surface area (Å²) in [4.78, 5) is 0. The van der Waals surface area contributed by atoms with Crippen LogP contribution in [-0.2, 0) is 11.2 Å². The van der Waals surface area contributed by atoms with Crippen LogP contribution in [0.4, 0.5) is 0 Å². The van der Waals surface area contributed by atoms with Crippen molar-refractivity contribution in [3.05, 3.63) is 48.0 Å². The van der Waals surface area contributed by atoms with E-state index in [0.29, 0.717) is 0 Å². The summed E-state index contributed by atoms with van der Waals surface area (Å²) >= 11 is 0. The first-order valence-corrected chi connectivity index (χ1v) is 6.88. The monoisotopic (exact) mass is 257 g/mol. The lowest BCUT2D eigenvalue weighted by atomic mass is 9.87. The van der Waals surface area contributed by atoms with Gasteiger partial charge in [-0.05, 0) is 36.1 Å². The average Bonchev–Trinajstić information content (AvgIpc) is 2.46. The molecule has 2 rings (SSSR count). The summed E-state index contributed by atoms with van der Waals surface area (Å²) in [7, 11) is 1.74. The second-order valence-corrected chi connectivity index (χ2v) is 5.32. The Bertz CT molecular complexity index is 540. The van der Waals surface area contributed by atoms with Crippen LogP contribution in [0.25, 0.3) is 10.8 Å². The molecule has 2 aromatic rings. The summed E-state index contributed by atoms with van der Waals surface area (Å²) < 4.78 is 5.61. The van der Waals surface area contributed by atoms with Gasteiger partial charge in [-0.25, -0.2) is 0 Å². The van der Waals surface area contributed by atoms with Crippen LogP contribution in [0.2, 0.25) is 0 Å². The van der Waals surface area contributed by atoms with Crippen molar-refractivity contribution in [2.45, 2.75) is 38.3 Å². The Morgan fingerprint density at radius 3 is 2.53 bits per heavy atom. The zero-order chi connectivity index (χ0) is 13.9. The van der Waals surface area contributed by atoms with Crippen molar-refractivity contribution in [1.29, 1.82) is 0 Å². The van der Waals surface area contributed by atoms with Gasteiger partial charge < -0.3 is 10.5 Å². The molecule has 0 saturated heterocycles. The van der Waals surface area contributed by atoms with E-state index in [-0.39, 0.29) is 11.6 Å². The van der Waals surface area contributed by atoms with Crippen LogP contribution in [0.3, 0.4) is 0 Å². The highest BCUT2D eigenvalue weighted by Crippen LogP contribution is 2.24. The molecule has 2 N–H and O–H groups in total. The van der Waals surface area contributed by atoms with Crippen molar-refractivity contribution < 1.29 is 4.74 Å². The molecule has 0 heterocycles. The Morgan fingerprint density at radius 1 is 1.16 bits per heavy atom. The van der Waals surface area contributed by atoms with Gasteiger partial charge in [0, 0.05) is 13.2 Å². The molecular weight excluding hydrogens is 234 g/mol. The van der Waals surface area contributed by atoms with Crippen LogP contribution in [-0.4, -0.2) is 18.8 Å². The van der Waals surface area contributed by atoms with Crippen molar-refractivity contribution in [2.24, 2.45) is 5.73 Å². The first-order valence-electron chi connectivity index (χ1n) is 6.88. The highest BCUT2D eigenvalue weighted by Gasteiger charge is 2.29. The minimum atomic E-state index is -0.267. The number of rotatable bonds is 5. The molecule has 0 amide bonds. The maximum absolute atomic E-state index is 6.37. The van der Waals surface area contributed by atoms with Crippen molar-refractivity contribution >= 4 is 10.8 Å². The number of fused-ring (bicyclic) bond motifs is 1. The number of hydrogen-bond donors (Lipinski definition) is 1. The highest BCUT2D eigenvalue weighted by atomic mass is 16.5. The second kappa shape index (κ2) is 5.72. The number of benzene rings is 2. The topological polar surface area (TPSA) is 35.2 Å². The van der Waals surface area contributed by atoms with Crippen LogP contribution >= 0.6 is 0 Å². The third kappa shape index (κ3) is 2.80. The third-order valence-corrected chi connectivity index (χ3v) is 4.27. The molecule has 0 aliphatic heterocycles. The van der Waals surface area contributed by atoms with E-state index in [1.54, 1.807) is 7.11 Å². The van der Waals surface area contributed by atoms with Gasteiger partial charge in [-0.2, -0.15) is 0 Å². The maximum atomic E-state index is 6.37. The van der Waals surface area contributed by atoms with E-state index in [4.69, 9.17) is 10.5 Å². The lowest BCUT2D eigenvalue weighted by Gasteiger charge is -2.33. The first kappa shape index (κ1) is 14.0. The number of hydrogen-bond acceptors (Lipinski definition) is 2. The molecule has 0 aromatic heterocycles. The fourth-order valence-corrected chi connectivity index (χ4v) is 2.48. The van der Waals surface area contributed by atoms with E-state index in [1.165, 1.54) is 16.3 Å². The van der Waals surface area contributed by atoms with Crippen molar-refractivity contribution in [3.63, 3.8) is 0 Å². The van der Waals surface area contributed by atoms with E-state index in [1.807, 2.05) is 0 Å². The van der Waals surface area contributed by atoms with Crippen molar-refractivity contribution in [1.82, 2.24) is 0 Å². The SMILES string of the molecule is CCC(C)(OC)C(N)Cc1cccc2ccccc12. The smallest absolute Gasteiger partial charge is 0.0801 e. The normalized spacial score (nSPS) is 16.2. The molecule has 2 atom stereocenters. The van der Waals surface area contributed by atoms with E-state index in [0.717, 1.165) is 12.8 Å². The summed E-state index contributed by atoms with van der Waals surface area (Å²) in [5, 5.41) is 2.55. The Balaban J connectivity index is 2.31. The molecule has 19 heavy (non-hydrogen) atoms. The predicted octanol–water partition coefficient (Wildman–Crippen LogP) is 3.52. The van der Waals surface area contributed by atoms with Crippen molar-refractivity contribution in [3.8, 4) is 0 Å². The molecule has 2 heteroatoms. The Morgan fingerprint density at radius 2 is 1.84 bits per heavy atom. The molecule has 2 unspecified atom stereocenters. The largest absolute Gasteiger partial charge is 0.377 e. The molecule has 0 radical (unpaired) electrons. The molecule has 2 nitrogen and oxygen atoms in total. The molecule has 0 fully saturated rings. The summed E-state index contributed by atoms with van der Waals surface area (Å²) in [5.74, 6) is 0. The van der Waals surface area contributed by atoms with E-state index in [2.05, 4.69) is 56.3 Å². The fourth-order valence-electron chi connectivity index (χ4n) is 2.48. The van der Waals surface area contributed by atoms with Gasteiger partial charge >= 0.3 is 0 Å². The summed E-state index contributed by atoms with van der Waals surface area (Å²) in [5.41, 5.74) is 7.40.